The Morgan fingerprint density at radius 2 is 2.06 bits per heavy atom. The molecule has 18 heavy (non-hydrogen) atoms. The first-order valence-corrected chi connectivity index (χ1v) is 6.55. The number of anilines is 1. The number of nitrogens with two attached hydrogens (primary N) is 1. The zero-order chi connectivity index (χ0) is 13.1. The molecule has 0 aliphatic heterocycles. The molecule has 0 saturated heterocycles. The van der Waals surface area contributed by atoms with Crippen LogP contribution >= 0.6 is 15.9 Å². The summed E-state index contributed by atoms with van der Waals surface area (Å²) in [6.45, 7) is 4.61. The maximum Gasteiger partial charge on any atom is 0.144 e. The quantitative estimate of drug-likeness (QED) is 0.877. The highest BCUT2D eigenvalue weighted by atomic mass is 79.9. The highest BCUT2D eigenvalue weighted by molar-refractivity contribution is 9.10. The van der Waals surface area contributed by atoms with Gasteiger partial charge in [-0.1, -0.05) is 6.07 Å². The number of ether oxygens (including phenoxy) is 1. The van der Waals surface area contributed by atoms with Crippen LogP contribution in [0.3, 0.4) is 0 Å². The molecule has 0 radical (unpaired) electrons. The largest absolute Gasteiger partial charge is 0.492 e. The van der Waals surface area contributed by atoms with Gasteiger partial charge < -0.3 is 10.5 Å². The number of pyridine rings is 1. The number of nitrogens with zero attached hydrogens (tertiary/aromatic N) is 1. The summed E-state index contributed by atoms with van der Waals surface area (Å²) in [6.07, 6.45) is 3.55. The predicted molar refractivity (Wildman–Crippen MR) is 77.7 cm³/mol. The minimum Gasteiger partial charge on any atom is -0.492 e. The van der Waals surface area contributed by atoms with E-state index in [1.54, 1.807) is 6.20 Å². The third-order valence-electron chi connectivity index (χ3n) is 2.68. The number of halogens is 1. The van der Waals surface area contributed by atoms with Crippen molar-refractivity contribution < 1.29 is 4.74 Å². The van der Waals surface area contributed by atoms with E-state index in [0.29, 0.717) is 6.61 Å². The van der Waals surface area contributed by atoms with Gasteiger partial charge in [0.05, 0.1) is 11.1 Å². The maximum absolute atomic E-state index is 5.78. The summed E-state index contributed by atoms with van der Waals surface area (Å²) in [5.41, 5.74) is 9.70. The van der Waals surface area contributed by atoms with E-state index in [2.05, 4.69) is 20.9 Å². The average Bonchev–Trinajstić information content (AvgIpc) is 2.32. The second-order valence-corrected chi connectivity index (χ2v) is 4.86. The number of hydrogen-bond acceptors (Lipinski definition) is 3. The summed E-state index contributed by atoms with van der Waals surface area (Å²) in [5.74, 6) is 0.820. The van der Waals surface area contributed by atoms with Gasteiger partial charge in [-0.05, 0) is 53.0 Å². The third-order valence-corrected chi connectivity index (χ3v) is 3.25. The normalized spacial score (nSPS) is 10.4. The van der Waals surface area contributed by atoms with Crippen molar-refractivity contribution in [2.24, 2.45) is 0 Å². The Kier molecular flexibility index (Phi) is 3.87. The molecule has 2 rings (SSSR count). The van der Waals surface area contributed by atoms with Gasteiger partial charge in [-0.25, -0.2) is 0 Å². The van der Waals surface area contributed by atoms with Gasteiger partial charge >= 0.3 is 0 Å². The van der Waals surface area contributed by atoms with E-state index in [4.69, 9.17) is 10.5 Å². The van der Waals surface area contributed by atoms with Crippen LogP contribution < -0.4 is 10.5 Å². The average molecular weight is 307 g/mol. The standard InChI is InChI=1S/C14H15BrN2O/c1-3-18-14-12(7-17-8-13(14)15)11-5-4-10(16)6-9(11)2/h4-8H,3,16H2,1-2H3. The number of benzene rings is 1. The molecule has 0 atom stereocenters. The van der Waals surface area contributed by atoms with Gasteiger partial charge in [-0.15, -0.1) is 0 Å². The van der Waals surface area contributed by atoms with Crippen LogP contribution in [-0.2, 0) is 0 Å². The molecule has 1 heterocycles. The lowest BCUT2D eigenvalue weighted by Gasteiger charge is -2.13. The molecule has 1 aromatic heterocycles. The van der Waals surface area contributed by atoms with Crippen molar-refractivity contribution in [2.45, 2.75) is 13.8 Å². The third kappa shape index (κ3) is 2.48. The smallest absolute Gasteiger partial charge is 0.144 e. The Bertz CT molecular complexity index is 570. The topological polar surface area (TPSA) is 48.1 Å². The Morgan fingerprint density at radius 1 is 1.28 bits per heavy atom. The van der Waals surface area contributed by atoms with Crippen LogP contribution in [0, 0.1) is 6.92 Å². The van der Waals surface area contributed by atoms with E-state index in [0.717, 1.165) is 32.6 Å². The van der Waals surface area contributed by atoms with Crippen LogP contribution in [0.4, 0.5) is 5.69 Å². The molecule has 94 valence electrons. The predicted octanol–water partition coefficient (Wildman–Crippen LogP) is 3.80. The number of rotatable bonds is 3. The van der Waals surface area contributed by atoms with Gasteiger partial charge in [0.2, 0.25) is 0 Å². The lowest BCUT2D eigenvalue weighted by Crippen LogP contribution is -1.97. The van der Waals surface area contributed by atoms with E-state index >= 15 is 0 Å². The minimum atomic E-state index is 0.615. The van der Waals surface area contributed by atoms with E-state index in [9.17, 15) is 0 Å². The van der Waals surface area contributed by atoms with Gasteiger partial charge in [-0.3, -0.25) is 4.98 Å². The van der Waals surface area contributed by atoms with Gasteiger partial charge in [0, 0.05) is 23.6 Å². The molecule has 2 N–H and O–H groups in total. The van der Waals surface area contributed by atoms with Crippen LogP contribution in [0.1, 0.15) is 12.5 Å². The van der Waals surface area contributed by atoms with Crippen LogP contribution in [0.25, 0.3) is 11.1 Å². The first kappa shape index (κ1) is 12.9. The summed E-state index contributed by atoms with van der Waals surface area (Å²) >= 11 is 3.47. The molecule has 4 heteroatoms. The molecule has 0 amide bonds. The van der Waals surface area contributed by atoms with Gasteiger partial charge in [0.25, 0.3) is 0 Å². The fourth-order valence-corrected chi connectivity index (χ4v) is 2.34. The molecule has 0 bridgehead atoms. The van der Waals surface area contributed by atoms with E-state index in [1.165, 1.54) is 0 Å². The fraction of sp³-hybridized carbons (Fsp3) is 0.214. The van der Waals surface area contributed by atoms with Crippen LogP contribution in [0.5, 0.6) is 5.75 Å². The molecular weight excluding hydrogens is 292 g/mol. The van der Waals surface area contributed by atoms with Crippen LogP contribution in [0.15, 0.2) is 35.1 Å². The summed E-state index contributed by atoms with van der Waals surface area (Å²) in [7, 11) is 0. The monoisotopic (exact) mass is 306 g/mol. The molecule has 0 aliphatic rings. The summed E-state index contributed by atoms with van der Waals surface area (Å²) in [5, 5.41) is 0. The second-order valence-electron chi connectivity index (χ2n) is 4.01. The Labute approximate surface area is 115 Å². The fourth-order valence-electron chi connectivity index (χ4n) is 1.90. The van der Waals surface area contributed by atoms with Crippen molar-refractivity contribution in [1.29, 1.82) is 0 Å². The molecule has 0 unspecified atom stereocenters. The second kappa shape index (κ2) is 5.40. The number of aromatic nitrogens is 1. The number of nitrogen functional groups attached to an aromatic ring is 1. The zero-order valence-corrected chi connectivity index (χ0v) is 12.0. The minimum absolute atomic E-state index is 0.615. The Hall–Kier alpha value is -1.55. The van der Waals surface area contributed by atoms with Crippen molar-refractivity contribution in [3.63, 3.8) is 0 Å². The number of hydrogen-bond donors (Lipinski definition) is 1. The Balaban J connectivity index is 2.59. The van der Waals surface area contributed by atoms with Crippen molar-refractivity contribution in [1.82, 2.24) is 4.98 Å². The van der Waals surface area contributed by atoms with Crippen molar-refractivity contribution in [2.75, 3.05) is 12.3 Å². The molecule has 0 fully saturated rings. The molecule has 0 aliphatic carbocycles. The SMILES string of the molecule is CCOc1c(Br)cncc1-c1ccc(N)cc1C. The highest BCUT2D eigenvalue weighted by Gasteiger charge is 2.12. The molecule has 0 spiro atoms. The molecule has 0 saturated carbocycles. The summed E-state index contributed by atoms with van der Waals surface area (Å²) in [6, 6.07) is 5.83. The molecule has 1 aromatic carbocycles. The number of aryl methyl sites for hydroxylation is 1. The molecule has 3 nitrogen and oxygen atoms in total. The molecule has 2 aromatic rings. The summed E-state index contributed by atoms with van der Waals surface area (Å²) in [4.78, 5) is 4.21. The first-order valence-electron chi connectivity index (χ1n) is 5.76. The lowest BCUT2D eigenvalue weighted by molar-refractivity contribution is 0.339. The van der Waals surface area contributed by atoms with Crippen LogP contribution in [0.2, 0.25) is 0 Å². The zero-order valence-electron chi connectivity index (χ0n) is 10.4. The van der Waals surface area contributed by atoms with Crippen molar-refractivity contribution >= 4 is 21.6 Å². The van der Waals surface area contributed by atoms with Crippen molar-refractivity contribution in [3.05, 3.63) is 40.6 Å². The van der Waals surface area contributed by atoms with Gasteiger partial charge in [-0.2, -0.15) is 0 Å². The highest BCUT2D eigenvalue weighted by Crippen LogP contribution is 2.37. The van der Waals surface area contributed by atoms with Gasteiger partial charge in [0.1, 0.15) is 5.75 Å². The maximum atomic E-state index is 5.78. The van der Waals surface area contributed by atoms with E-state index < -0.39 is 0 Å². The lowest BCUT2D eigenvalue weighted by atomic mass is 10.0. The van der Waals surface area contributed by atoms with Crippen molar-refractivity contribution in [3.8, 4) is 16.9 Å². The first-order chi connectivity index (χ1) is 8.63. The van der Waals surface area contributed by atoms with E-state index in [1.807, 2.05) is 38.2 Å². The summed E-state index contributed by atoms with van der Waals surface area (Å²) < 4.78 is 6.55. The van der Waals surface area contributed by atoms with Crippen LogP contribution in [-0.4, -0.2) is 11.6 Å². The van der Waals surface area contributed by atoms with E-state index in [-0.39, 0.29) is 0 Å². The Morgan fingerprint density at radius 3 is 2.72 bits per heavy atom. The molecular formula is C14H15BrN2O. The van der Waals surface area contributed by atoms with Gasteiger partial charge in [0.15, 0.2) is 0 Å².